The maximum Gasteiger partial charge on any atom is 0.319 e. The zero-order valence-electron chi connectivity index (χ0n) is 21.4. The largest absolute Gasteiger partial charge is 0.500 e. The van der Waals surface area contributed by atoms with Crippen LogP contribution < -0.4 is 0 Å². The molecule has 0 aliphatic carbocycles. The summed E-state index contributed by atoms with van der Waals surface area (Å²) < 4.78 is 3.74. The van der Waals surface area contributed by atoms with E-state index in [0.717, 1.165) is 22.3 Å². The van der Waals surface area contributed by atoms with Gasteiger partial charge in [0.05, 0.1) is 0 Å². The quantitative estimate of drug-likeness (QED) is 0.271. The first-order chi connectivity index (χ1) is 14.7. The van der Waals surface area contributed by atoms with Crippen LogP contribution in [0.2, 0.25) is 0 Å². The van der Waals surface area contributed by atoms with E-state index in [-0.39, 0.29) is 65.4 Å². The summed E-state index contributed by atoms with van der Waals surface area (Å²) in [6.45, 7) is 29.9. The first kappa shape index (κ1) is 36.0. The second kappa shape index (κ2) is 18.8. The van der Waals surface area contributed by atoms with Crippen molar-refractivity contribution in [3.05, 3.63) is 95.8 Å². The van der Waals surface area contributed by atoms with Gasteiger partial charge < -0.3 is 13.2 Å². The molecule has 2 heterocycles. The molecule has 0 saturated carbocycles. The van der Waals surface area contributed by atoms with Crippen LogP contribution in [0.4, 0.5) is 0 Å². The smallest absolute Gasteiger partial charge is 0.319 e. The molecule has 2 nitrogen and oxygen atoms in total. The summed E-state index contributed by atoms with van der Waals surface area (Å²) in [7, 11) is 0. The molecular formula is C28H38N2Y2-2. The first-order valence-corrected chi connectivity index (χ1v) is 11.1. The molecule has 168 valence electrons. The predicted molar refractivity (Wildman–Crippen MR) is 130 cm³/mol. The van der Waals surface area contributed by atoms with E-state index in [1.54, 1.807) is 0 Å². The molecule has 1 atom stereocenters. The van der Waals surface area contributed by atoms with E-state index in [1.165, 1.54) is 18.0 Å². The molecule has 0 N–H and O–H groups in total. The van der Waals surface area contributed by atoms with E-state index in [4.69, 9.17) is 13.2 Å². The van der Waals surface area contributed by atoms with Gasteiger partial charge in [-0.1, -0.05) is 109 Å². The second-order valence-electron chi connectivity index (χ2n) is 5.53. The summed E-state index contributed by atoms with van der Waals surface area (Å²) in [5, 5.41) is 0. The average Bonchev–Trinajstić information content (AvgIpc) is 3.35. The number of hydrogen-bond donors (Lipinski definition) is 0. The first-order valence-electron chi connectivity index (χ1n) is 11.1. The Morgan fingerprint density at radius 2 is 1.12 bits per heavy atom. The molecule has 32 heavy (non-hydrogen) atoms. The molecule has 4 rings (SSSR count). The van der Waals surface area contributed by atoms with Crippen LogP contribution in [0.1, 0.15) is 83.2 Å². The van der Waals surface area contributed by atoms with Gasteiger partial charge in [0.15, 0.2) is 12.4 Å². The molecule has 0 saturated heterocycles. The van der Waals surface area contributed by atoms with Gasteiger partial charge in [-0.2, -0.15) is 0 Å². The van der Waals surface area contributed by atoms with Crippen molar-refractivity contribution >= 4 is 12.4 Å². The van der Waals surface area contributed by atoms with Crippen molar-refractivity contribution in [2.45, 2.75) is 68.0 Å². The zero-order valence-corrected chi connectivity index (χ0v) is 27.1. The van der Waals surface area contributed by atoms with Gasteiger partial charge in [-0.25, -0.2) is 0 Å². The third-order valence-corrected chi connectivity index (χ3v) is 4.33. The number of nitrogens with zero attached hydrogens (tertiary/aromatic N) is 2. The Hall–Kier alpha value is -0.532. The number of benzene rings is 2. The van der Waals surface area contributed by atoms with Crippen LogP contribution >= 0.6 is 0 Å². The Bertz CT molecular complexity index is 898. The Kier molecular flexibility index (Phi) is 21.2. The molecule has 0 aromatic heterocycles. The van der Waals surface area contributed by atoms with Crippen molar-refractivity contribution in [3.63, 3.8) is 0 Å². The maximum atomic E-state index is 5.91. The van der Waals surface area contributed by atoms with Gasteiger partial charge in [0, 0.05) is 76.5 Å². The zero-order chi connectivity index (χ0) is 23.3. The molecule has 2 aliphatic rings. The van der Waals surface area contributed by atoms with Crippen LogP contribution in [0.3, 0.4) is 0 Å². The number of rotatable bonds is 2. The monoisotopic (exact) mass is 580 g/mol. The van der Waals surface area contributed by atoms with E-state index in [0.29, 0.717) is 0 Å². The second-order valence-corrected chi connectivity index (χ2v) is 5.53. The third-order valence-electron chi connectivity index (χ3n) is 4.33. The van der Waals surface area contributed by atoms with Gasteiger partial charge in [0.2, 0.25) is 0 Å². The van der Waals surface area contributed by atoms with Crippen LogP contribution in [0.25, 0.3) is 0 Å². The van der Waals surface area contributed by atoms with Crippen LogP contribution in [0, 0.1) is 20.1 Å². The minimum atomic E-state index is -0.636. The van der Waals surface area contributed by atoms with Crippen LogP contribution in [0.5, 0.6) is 0 Å². The van der Waals surface area contributed by atoms with Crippen LogP contribution in [-0.4, -0.2) is 21.6 Å². The Morgan fingerprint density at radius 3 is 1.62 bits per heavy atom. The number of hydrogen-bond acceptors (Lipinski definition) is 0. The molecule has 2 aliphatic heterocycles. The Labute approximate surface area is 248 Å². The molecule has 2 aromatic rings. The van der Waals surface area contributed by atoms with Crippen molar-refractivity contribution in [2.24, 2.45) is 0 Å². The van der Waals surface area contributed by atoms with E-state index < -0.39 is 5.66 Å². The van der Waals surface area contributed by atoms with Gasteiger partial charge >= 0.3 is 5.66 Å². The van der Waals surface area contributed by atoms with Crippen molar-refractivity contribution in [3.8, 4) is 0 Å². The minimum absolute atomic E-state index is 0. The molecule has 1 spiro atoms. The number of aryl methyl sites for hydroxylation is 1. The molecular weight excluding hydrogens is 542 g/mol. The van der Waals surface area contributed by atoms with Crippen molar-refractivity contribution < 1.29 is 74.6 Å². The van der Waals surface area contributed by atoms with Crippen LogP contribution in [0.15, 0.2) is 54.9 Å². The fourth-order valence-electron chi connectivity index (χ4n) is 3.43. The molecule has 4 heteroatoms. The molecule has 0 fully saturated rings. The summed E-state index contributed by atoms with van der Waals surface area (Å²) in [5.74, 6) is 0. The Balaban J connectivity index is -0.000000764. The molecule has 0 bridgehead atoms. The summed E-state index contributed by atoms with van der Waals surface area (Å²) >= 11 is 0. The fourth-order valence-corrected chi connectivity index (χ4v) is 3.43. The van der Waals surface area contributed by atoms with Gasteiger partial charge in [-0.3, -0.25) is 9.15 Å². The van der Waals surface area contributed by atoms with Crippen LogP contribution in [-0.2, 0) is 71.1 Å². The average molecular weight is 580 g/mol. The summed E-state index contributed by atoms with van der Waals surface area (Å²) in [5.41, 5.74) is 4.76. The predicted octanol–water partition coefficient (Wildman–Crippen LogP) is 6.83. The topological polar surface area (TPSA) is 6.02 Å². The molecule has 2 aromatic carbocycles. The minimum Gasteiger partial charge on any atom is -0.500 e. The van der Waals surface area contributed by atoms with Gasteiger partial charge in [-0.15, -0.1) is 18.2 Å². The summed E-state index contributed by atoms with van der Waals surface area (Å²) in [6.07, 6.45) is 9.76. The molecule has 1 unspecified atom stereocenters. The summed E-state index contributed by atoms with van der Waals surface area (Å²) in [6, 6.07) is 14.4. The molecule has 2 radical (unpaired) electrons. The maximum absolute atomic E-state index is 5.91. The van der Waals surface area contributed by atoms with Crippen molar-refractivity contribution in [1.82, 2.24) is 0 Å². The van der Waals surface area contributed by atoms with E-state index >= 15 is 0 Å². The van der Waals surface area contributed by atoms with Gasteiger partial charge in [0.1, 0.15) is 0 Å². The van der Waals surface area contributed by atoms with Gasteiger partial charge in [-0.05, 0) is 6.92 Å². The SMILES string of the molecule is CC.CC.CC.CC.[CH-]=C[N+]1=[C-]c2ccccc2C12c1ccc(C)cc1[C-]=[N+]2C=[CH-].[Y].[Y]. The molecule has 0 amide bonds. The number of fused-ring (bicyclic) bond motifs is 4. The van der Waals surface area contributed by atoms with E-state index in [1.807, 2.05) is 82.7 Å². The van der Waals surface area contributed by atoms with Crippen molar-refractivity contribution in [2.75, 3.05) is 0 Å². The standard InChI is InChI=1S/C20H14N2.4C2H6.2Y/c1-4-21-13-16-8-6-7-9-18(16)20(21)19-11-10-15(3)12-17(19)14-22(20)5-2;4*1-2;;/h1-2,4-12H,3H3;4*1-2H3;;/q-2;;;;;;. The normalized spacial score (nSPS) is 15.3. The van der Waals surface area contributed by atoms with Gasteiger partial charge in [0.25, 0.3) is 0 Å². The Morgan fingerprint density at radius 1 is 0.688 bits per heavy atom. The van der Waals surface area contributed by atoms with E-state index in [2.05, 4.69) is 43.6 Å². The third kappa shape index (κ3) is 6.75. The van der Waals surface area contributed by atoms with E-state index in [9.17, 15) is 0 Å². The fraction of sp³-hybridized carbons (Fsp3) is 0.357. The summed E-state index contributed by atoms with van der Waals surface area (Å²) in [4.78, 5) is 0. The van der Waals surface area contributed by atoms with Crippen molar-refractivity contribution in [1.29, 1.82) is 0 Å².